The molecule has 20 heavy (non-hydrogen) atoms. The zero-order valence-corrected chi connectivity index (χ0v) is 13.8. The molecule has 0 spiro atoms. The van der Waals surface area contributed by atoms with Gasteiger partial charge in [-0.05, 0) is 55.7 Å². The van der Waals surface area contributed by atoms with Crippen LogP contribution in [-0.2, 0) is 16.6 Å². The predicted octanol–water partition coefficient (Wildman–Crippen LogP) is 2.71. The Balaban J connectivity index is 1.96. The van der Waals surface area contributed by atoms with Gasteiger partial charge in [-0.25, -0.2) is 13.1 Å². The van der Waals surface area contributed by atoms with Crippen molar-refractivity contribution < 1.29 is 8.42 Å². The van der Waals surface area contributed by atoms with Crippen molar-refractivity contribution in [3.8, 4) is 0 Å². The Kier molecular flexibility index (Phi) is 5.60. The van der Waals surface area contributed by atoms with Crippen molar-refractivity contribution >= 4 is 21.4 Å². The van der Waals surface area contributed by atoms with Gasteiger partial charge in [-0.15, -0.1) is 11.3 Å². The second kappa shape index (κ2) is 7.02. The highest BCUT2D eigenvalue weighted by molar-refractivity contribution is 7.91. The molecule has 1 aliphatic carbocycles. The molecule has 0 saturated heterocycles. The summed E-state index contributed by atoms with van der Waals surface area (Å²) in [5.74, 6) is 0.778. The van der Waals surface area contributed by atoms with Crippen LogP contribution in [0.5, 0.6) is 0 Å². The summed E-state index contributed by atoms with van der Waals surface area (Å²) >= 11 is 1.30. The fourth-order valence-electron chi connectivity index (χ4n) is 2.76. The van der Waals surface area contributed by atoms with E-state index in [2.05, 4.69) is 17.0 Å². The molecule has 1 aromatic rings. The molecule has 0 radical (unpaired) electrons. The highest BCUT2D eigenvalue weighted by Crippen LogP contribution is 2.28. The van der Waals surface area contributed by atoms with Crippen LogP contribution in [0.3, 0.4) is 0 Å². The summed E-state index contributed by atoms with van der Waals surface area (Å²) in [7, 11) is -1.48. The number of nitrogens with one attached hydrogen (secondary N) is 2. The first kappa shape index (κ1) is 15.9. The number of sulfonamides is 1. The Bertz CT molecular complexity index is 517. The topological polar surface area (TPSA) is 58.2 Å². The number of rotatable bonds is 6. The Labute approximate surface area is 126 Å². The summed E-state index contributed by atoms with van der Waals surface area (Å²) in [6, 6.07) is 1.87. The van der Waals surface area contributed by atoms with Gasteiger partial charge in [0.1, 0.15) is 4.21 Å². The van der Waals surface area contributed by atoms with Gasteiger partial charge in [-0.2, -0.15) is 0 Å². The molecular weight excluding hydrogens is 292 g/mol. The lowest BCUT2D eigenvalue weighted by molar-refractivity contribution is 0.306. The Morgan fingerprint density at radius 1 is 1.30 bits per heavy atom. The third-order valence-corrected chi connectivity index (χ3v) is 7.03. The van der Waals surface area contributed by atoms with E-state index in [1.54, 1.807) is 6.07 Å². The van der Waals surface area contributed by atoms with E-state index in [-0.39, 0.29) is 6.04 Å². The average Bonchev–Trinajstić information content (AvgIpc) is 2.89. The molecule has 0 atom stereocenters. The van der Waals surface area contributed by atoms with E-state index in [1.807, 2.05) is 12.4 Å². The van der Waals surface area contributed by atoms with Gasteiger partial charge in [0, 0.05) is 12.6 Å². The number of thiophene rings is 1. The van der Waals surface area contributed by atoms with Gasteiger partial charge in [0.2, 0.25) is 10.0 Å². The maximum absolute atomic E-state index is 12.3. The molecule has 0 aliphatic heterocycles. The molecule has 1 fully saturated rings. The average molecular weight is 316 g/mol. The van der Waals surface area contributed by atoms with Gasteiger partial charge >= 0.3 is 0 Å². The van der Waals surface area contributed by atoms with Crippen molar-refractivity contribution in [3.63, 3.8) is 0 Å². The molecule has 2 N–H and O–H groups in total. The van der Waals surface area contributed by atoms with Crippen molar-refractivity contribution in [3.05, 3.63) is 17.0 Å². The van der Waals surface area contributed by atoms with E-state index in [4.69, 9.17) is 0 Å². The van der Waals surface area contributed by atoms with Crippen LogP contribution in [0, 0.1) is 5.92 Å². The van der Waals surface area contributed by atoms with Crippen LogP contribution >= 0.6 is 11.3 Å². The van der Waals surface area contributed by atoms with Crippen LogP contribution in [0.15, 0.2) is 15.7 Å². The monoisotopic (exact) mass is 316 g/mol. The lowest BCUT2D eigenvalue weighted by atomic mass is 9.85. The number of hydrogen-bond acceptors (Lipinski definition) is 4. The van der Waals surface area contributed by atoms with Crippen LogP contribution in [0.25, 0.3) is 0 Å². The fraction of sp³-hybridized carbons (Fsp3) is 0.714. The first-order valence-electron chi connectivity index (χ1n) is 7.29. The molecule has 1 aromatic heterocycles. The maximum Gasteiger partial charge on any atom is 0.250 e. The van der Waals surface area contributed by atoms with Crippen LogP contribution in [0.2, 0.25) is 0 Å². The standard InChI is InChI=1S/C14H24N2O2S2/c1-3-11-4-6-13(7-5-11)16-20(17,18)14-8-12(9-15-2)10-19-14/h8,10-11,13,15-16H,3-7,9H2,1-2H3. The minimum Gasteiger partial charge on any atom is -0.316 e. The predicted molar refractivity (Wildman–Crippen MR) is 83.4 cm³/mol. The molecular formula is C14H24N2O2S2. The second-order valence-corrected chi connectivity index (χ2v) is 8.40. The zero-order chi connectivity index (χ0) is 14.6. The SMILES string of the molecule is CCC1CCC(NS(=O)(=O)c2cc(CNC)cs2)CC1. The molecule has 0 aromatic carbocycles. The van der Waals surface area contributed by atoms with E-state index in [1.165, 1.54) is 17.8 Å². The molecule has 0 bridgehead atoms. The minimum atomic E-state index is -3.34. The smallest absolute Gasteiger partial charge is 0.250 e. The summed E-state index contributed by atoms with van der Waals surface area (Å²) in [5, 5.41) is 4.93. The quantitative estimate of drug-likeness (QED) is 0.848. The summed E-state index contributed by atoms with van der Waals surface area (Å²) < 4.78 is 28.0. The van der Waals surface area contributed by atoms with Crippen molar-refractivity contribution in [2.45, 2.75) is 55.8 Å². The third-order valence-electron chi connectivity index (χ3n) is 4.02. The van der Waals surface area contributed by atoms with Gasteiger partial charge in [0.05, 0.1) is 0 Å². The summed E-state index contributed by atoms with van der Waals surface area (Å²) in [4.78, 5) is 0. The van der Waals surface area contributed by atoms with Crippen LogP contribution in [0.1, 0.15) is 44.6 Å². The van der Waals surface area contributed by atoms with E-state index in [0.717, 1.165) is 37.2 Å². The lowest BCUT2D eigenvalue weighted by Gasteiger charge is -2.27. The van der Waals surface area contributed by atoms with E-state index in [0.29, 0.717) is 10.8 Å². The van der Waals surface area contributed by atoms with E-state index < -0.39 is 10.0 Å². The molecule has 1 aliphatic rings. The van der Waals surface area contributed by atoms with Gasteiger partial charge < -0.3 is 5.32 Å². The highest BCUT2D eigenvalue weighted by atomic mass is 32.2. The van der Waals surface area contributed by atoms with Gasteiger partial charge in [-0.3, -0.25) is 0 Å². The Morgan fingerprint density at radius 2 is 2.00 bits per heavy atom. The second-order valence-electron chi connectivity index (χ2n) is 5.55. The molecule has 1 saturated carbocycles. The van der Waals surface area contributed by atoms with E-state index >= 15 is 0 Å². The molecule has 0 amide bonds. The van der Waals surface area contributed by atoms with E-state index in [9.17, 15) is 8.42 Å². The Morgan fingerprint density at radius 3 is 2.60 bits per heavy atom. The van der Waals surface area contributed by atoms with Gasteiger partial charge in [-0.1, -0.05) is 13.3 Å². The van der Waals surface area contributed by atoms with Crippen LogP contribution in [-0.4, -0.2) is 21.5 Å². The highest BCUT2D eigenvalue weighted by Gasteiger charge is 2.25. The minimum absolute atomic E-state index is 0.109. The molecule has 6 heteroatoms. The fourth-order valence-corrected chi connectivity index (χ4v) is 5.29. The normalized spacial score (nSPS) is 23.9. The summed E-state index contributed by atoms with van der Waals surface area (Å²) in [6.45, 7) is 2.91. The first-order chi connectivity index (χ1) is 9.55. The molecule has 114 valence electrons. The summed E-state index contributed by atoms with van der Waals surface area (Å²) in [6.07, 6.45) is 5.41. The van der Waals surface area contributed by atoms with Crippen molar-refractivity contribution in [1.29, 1.82) is 0 Å². The summed E-state index contributed by atoms with van der Waals surface area (Å²) in [5.41, 5.74) is 1.02. The van der Waals surface area contributed by atoms with Crippen molar-refractivity contribution in [2.24, 2.45) is 5.92 Å². The molecule has 0 unspecified atom stereocenters. The zero-order valence-electron chi connectivity index (χ0n) is 12.2. The Hall–Kier alpha value is -0.430. The van der Waals surface area contributed by atoms with Crippen LogP contribution < -0.4 is 10.0 Å². The van der Waals surface area contributed by atoms with Crippen molar-refractivity contribution in [2.75, 3.05) is 7.05 Å². The largest absolute Gasteiger partial charge is 0.316 e. The molecule has 4 nitrogen and oxygen atoms in total. The third kappa shape index (κ3) is 4.04. The van der Waals surface area contributed by atoms with Crippen molar-refractivity contribution in [1.82, 2.24) is 10.0 Å². The van der Waals surface area contributed by atoms with Crippen LogP contribution in [0.4, 0.5) is 0 Å². The number of hydrogen-bond donors (Lipinski definition) is 2. The first-order valence-corrected chi connectivity index (χ1v) is 9.65. The molecule has 2 rings (SSSR count). The van der Waals surface area contributed by atoms with Gasteiger partial charge in [0.15, 0.2) is 0 Å². The molecule has 1 heterocycles. The maximum atomic E-state index is 12.3. The lowest BCUT2D eigenvalue weighted by Crippen LogP contribution is -2.37. The van der Waals surface area contributed by atoms with Gasteiger partial charge in [0.25, 0.3) is 0 Å².